The van der Waals surface area contributed by atoms with E-state index in [0.717, 1.165) is 27.5 Å². The summed E-state index contributed by atoms with van der Waals surface area (Å²) in [4.78, 5) is 12.2. The van der Waals surface area contributed by atoms with E-state index in [1.165, 1.54) is 12.1 Å². The Bertz CT molecular complexity index is 1410. The number of ether oxygens (including phenoxy) is 2. The van der Waals surface area contributed by atoms with Gasteiger partial charge in [0, 0.05) is 5.56 Å². The first-order valence-electron chi connectivity index (χ1n) is 12.1. The van der Waals surface area contributed by atoms with Crippen LogP contribution in [0.3, 0.4) is 0 Å². The van der Waals surface area contributed by atoms with Crippen LogP contribution < -0.4 is 14.9 Å². The average molecular weight is 497 g/mol. The molecule has 0 radical (unpaired) electrons. The Balaban J connectivity index is 1.52. The summed E-state index contributed by atoms with van der Waals surface area (Å²) < 4.78 is 25.3. The summed E-state index contributed by atoms with van der Waals surface area (Å²) in [6.07, 6.45) is 4.04. The smallest absolute Gasteiger partial charge is 0.244 e. The minimum absolute atomic E-state index is 0.102. The van der Waals surface area contributed by atoms with E-state index < -0.39 is 0 Å². The molecule has 0 unspecified atom stereocenters. The third-order valence-electron chi connectivity index (χ3n) is 5.75. The topological polar surface area (TPSA) is 59.9 Å². The van der Waals surface area contributed by atoms with Crippen LogP contribution in [0.1, 0.15) is 29.2 Å². The van der Waals surface area contributed by atoms with Gasteiger partial charge in [-0.1, -0.05) is 60.7 Å². The maximum atomic E-state index is 13.1. The fourth-order valence-electron chi connectivity index (χ4n) is 4.07. The van der Waals surface area contributed by atoms with Crippen molar-refractivity contribution in [3.05, 3.63) is 120 Å². The lowest BCUT2D eigenvalue weighted by Gasteiger charge is -2.17. The first-order valence-corrected chi connectivity index (χ1v) is 12.1. The number of allylic oxidation sites excluding steroid dienone is 1. The van der Waals surface area contributed by atoms with Crippen molar-refractivity contribution < 1.29 is 18.7 Å². The van der Waals surface area contributed by atoms with Crippen molar-refractivity contribution in [2.75, 3.05) is 6.61 Å². The van der Waals surface area contributed by atoms with Crippen LogP contribution in [0.5, 0.6) is 11.5 Å². The first-order chi connectivity index (χ1) is 18.1. The number of nitrogens with zero attached hydrogens (tertiary/aromatic N) is 1. The zero-order chi connectivity index (χ0) is 26.0. The highest BCUT2D eigenvalue weighted by atomic mass is 19.1. The molecule has 4 rings (SSSR count). The van der Waals surface area contributed by atoms with E-state index in [-0.39, 0.29) is 18.1 Å². The van der Waals surface area contributed by atoms with Gasteiger partial charge in [0.15, 0.2) is 11.5 Å². The lowest BCUT2D eigenvalue weighted by molar-refractivity contribution is -0.120. The Morgan fingerprint density at radius 2 is 1.78 bits per heavy atom. The van der Waals surface area contributed by atoms with Crippen LogP contribution in [0, 0.1) is 5.82 Å². The molecule has 5 nitrogen and oxygen atoms in total. The molecule has 0 aliphatic carbocycles. The van der Waals surface area contributed by atoms with Gasteiger partial charge in [-0.3, -0.25) is 4.79 Å². The molecule has 0 aliphatic heterocycles. The maximum absolute atomic E-state index is 13.1. The Kier molecular flexibility index (Phi) is 8.66. The minimum atomic E-state index is -0.341. The lowest BCUT2D eigenvalue weighted by Crippen LogP contribution is -2.19. The van der Waals surface area contributed by atoms with Crippen LogP contribution in [0.15, 0.2) is 96.6 Å². The summed E-state index contributed by atoms with van der Waals surface area (Å²) in [5, 5.41) is 6.40. The number of nitrogens with one attached hydrogen (secondary N) is 1. The summed E-state index contributed by atoms with van der Waals surface area (Å²) >= 11 is 0. The average Bonchev–Trinajstić information content (AvgIpc) is 2.90. The number of hydrogen-bond donors (Lipinski definition) is 1. The quantitative estimate of drug-likeness (QED) is 0.149. The molecule has 0 bridgehead atoms. The van der Waals surface area contributed by atoms with Crippen molar-refractivity contribution in [2.45, 2.75) is 26.4 Å². The Hall–Kier alpha value is -4.45. The van der Waals surface area contributed by atoms with Crippen LogP contribution in [-0.4, -0.2) is 18.7 Å². The molecule has 1 N–H and O–H groups in total. The second-order valence-electron chi connectivity index (χ2n) is 8.46. The maximum Gasteiger partial charge on any atom is 0.244 e. The zero-order valence-electron chi connectivity index (χ0n) is 20.7. The van der Waals surface area contributed by atoms with E-state index in [9.17, 15) is 9.18 Å². The van der Waals surface area contributed by atoms with Crippen LogP contribution in [0.4, 0.5) is 4.39 Å². The highest BCUT2D eigenvalue weighted by Crippen LogP contribution is 2.35. The molecule has 0 heterocycles. The normalized spacial score (nSPS) is 11.0. The molecule has 0 saturated heterocycles. The number of benzene rings is 4. The van der Waals surface area contributed by atoms with Crippen molar-refractivity contribution in [3.63, 3.8) is 0 Å². The molecule has 0 aliphatic rings. The van der Waals surface area contributed by atoms with E-state index in [1.807, 2.05) is 37.3 Å². The molecule has 0 aromatic heterocycles. The largest absolute Gasteiger partial charge is 0.490 e. The number of carbonyl (C=O) groups is 1. The van der Waals surface area contributed by atoms with Gasteiger partial charge in [0.25, 0.3) is 0 Å². The molecule has 37 heavy (non-hydrogen) atoms. The van der Waals surface area contributed by atoms with Crippen LogP contribution in [-0.2, 0) is 24.2 Å². The number of hydrazone groups is 1. The third-order valence-corrected chi connectivity index (χ3v) is 5.75. The predicted octanol–water partition coefficient (Wildman–Crippen LogP) is 6.38. The molecule has 0 saturated carbocycles. The summed E-state index contributed by atoms with van der Waals surface area (Å²) in [7, 11) is 0. The Labute approximate surface area is 216 Å². The number of hydrogen-bond acceptors (Lipinski definition) is 4. The SMILES string of the molecule is C=CCc1cc(/C=N/NC(=O)Cc2ccc(F)cc2)cc(OCC)c1OCc1cccc2ccccc12. The monoisotopic (exact) mass is 496 g/mol. The molecule has 0 atom stereocenters. The number of halogens is 1. The van der Waals surface area contributed by atoms with Gasteiger partial charge in [0.2, 0.25) is 5.91 Å². The standard InChI is InChI=1S/C31H29FN2O3/c1-3-8-25-17-23(20-33-34-30(35)19-22-13-15-27(32)16-14-22)18-29(36-4-2)31(25)37-21-26-11-7-10-24-9-5-6-12-28(24)26/h3,5-7,9-18,20H,1,4,8,19,21H2,2H3,(H,34,35)/b33-20+. The van der Waals surface area contributed by atoms with Gasteiger partial charge in [-0.2, -0.15) is 5.10 Å². The van der Waals surface area contributed by atoms with E-state index >= 15 is 0 Å². The van der Waals surface area contributed by atoms with E-state index in [4.69, 9.17) is 9.47 Å². The molecule has 4 aromatic rings. The minimum Gasteiger partial charge on any atom is -0.490 e. The van der Waals surface area contributed by atoms with Crippen molar-refractivity contribution in [1.29, 1.82) is 0 Å². The lowest BCUT2D eigenvalue weighted by atomic mass is 10.0. The fourth-order valence-corrected chi connectivity index (χ4v) is 4.07. The highest BCUT2D eigenvalue weighted by molar-refractivity contribution is 5.86. The second-order valence-corrected chi connectivity index (χ2v) is 8.46. The van der Waals surface area contributed by atoms with Crippen molar-refractivity contribution in [3.8, 4) is 11.5 Å². The summed E-state index contributed by atoms with van der Waals surface area (Å²) in [6.45, 7) is 6.65. The Morgan fingerprint density at radius 1 is 1.00 bits per heavy atom. The molecule has 0 fully saturated rings. The van der Waals surface area contributed by atoms with Gasteiger partial charge in [-0.15, -0.1) is 6.58 Å². The number of fused-ring (bicyclic) bond motifs is 1. The molecular weight excluding hydrogens is 467 g/mol. The molecule has 188 valence electrons. The number of rotatable bonds is 11. The van der Waals surface area contributed by atoms with Gasteiger partial charge < -0.3 is 9.47 Å². The highest BCUT2D eigenvalue weighted by Gasteiger charge is 2.14. The molecule has 6 heteroatoms. The van der Waals surface area contributed by atoms with Gasteiger partial charge in [-0.05, 0) is 65.1 Å². The summed E-state index contributed by atoms with van der Waals surface area (Å²) in [6, 6.07) is 24.0. The van der Waals surface area contributed by atoms with Gasteiger partial charge in [0.05, 0.1) is 19.2 Å². The van der Waals surface area contributed by atoms with Crippen LogP contribution in [0.25, 0.3) is 10.8 Å². The molecule has 4 aromatic carbocycles. The first kappa shape index (κ1) is 25.6. The zero-order valence-corrected chi connectivity index (χ0v) is 20.7. The van der Waals surface area contributed by atoms with Crippen molar-refractivity contribution >= 4 is 22.9 Å². The van der Waals surface area contributed by atoms with Gasteiger partial charge in [-0.25, -0.2) is 9.82 Å². The molecule has 0 spiro atoms. The number of amides is 1. The Morgan fingerprint density at radius 3 is 2.57 bits per heavy atom. The second kappa shape index (κ2) is 12.5. The van der Waals surface area contributed by atoms with E-state index in [1.54, 1.807) is 24.4 Å². The summed E-state index contributed by atoms with van der Waals surface area (Å²) in [5.74, 6) is 0.620. The van der Waals surface area contributed by atoms with Crippen LogP contribution >= 0.6 is 0 Å². The molecular formula is C31H29FN2O3. The third kappa shape index (κ3) is 6.82. The molecule has 1 amide bonds. The van der Waals surface area contributed by atoms with Gasteiger partial charge >= 0.3 is 0 Å². The predicted molar refractivity (Wildman–Crippen MR) is 146 cm³/mol. The van der Waals surface area contributed by atoms with Crippen LogP contribution in [0.2, 0.25) is 0 Å². The number of carbonyl (C=O) groups excluding carboxylic acids is 1. The summed E-state index contributed by atoms with van der Waals surface area (Å²) in [5.41, 5.74) is 5.96. The van der Waals surface area contributed by atoms with E-state index in [2.05, 4.69) is 41.4 Å². The fraction of sp³-hybridized carbons (Fsp3) is 0.161. The van der Waals surface area contributed by atoms with E-state index in [0.29, 0.717) is 36.7 Å². The van der Waals surface area contributed by atoms with Gasteiger partial charge in [0.1, 0.15) is 12.4 Å². The van der Waals surface area contributed by atoms with Crippen molar-refractivity contribution in [2.24, 2.45) is 5.10 Å². The van der Waals surface area contributed by atoms with Crippen molar-refractivity contribution in [1.82, 2.24) is 5.43 Å².